The molecule has 1 aliphatic rings. The predicted molar refractivity (Wildman–Crippen MR) is 82.0 cm³/mol. The number of nitriles is 1. The van der Waals surface area contributed by atoms with Crippen LogP contribution < -0.4 is 10.6 Å². The van der Waals surface area contributed by atoms with E-state index < -0.39 is 5.97 Å². The van der Waals surface area contributed by atoms with Gasteiger partial charge in [-0.2, -0.15) is 5.26 Å². The number of hydrogen-bond donors (Lipinski definition) is 3. The van der Waals surface area contributed by atoms with Gasteiger partial charge in [0.25, 0.3) is 0 Å². The lowest BCUT2D eigenvalue weighted by molar-refractivity contribution is -0.116. The lowest BCUT2D eigenvalue weighted by Crippen LogP contribution is -2.16. The standard InChI is InChI=1S/C16H12N4O3/c17-8-11-5-9(3-4-18-11)13-7-15(21)20-14-6-10(16(22)23)1-2-12(14)19-13/h1-6,13,19H,7H2,(H,20,21)(H,22,23). The number of benzene rings is 1. The van der Waals surface area contributed by atoms with Crippen molar-refractivity contribution in [1.82, 2.24) is 4.98 Å². The van der Waals surface area contributed by atoms with Crippen molar-refractivity contribution in [3.8, 4) is 6.07 Å². The number of carboxylic acid groups (broad SMARTS) is 1. The highest BCUT2D eigenvalue weighted by Gasteiger charge is 2.23. The van der Waals surface area contributed by atoms with E-state index in [-0.39, 0.29) is 29.6 Å². The van der Waals surface area contributed by atoms with E-state index in [0.29, 0.717) is 11.4 Å². The Labute approximate surface area is 131 Å². The number of hydrogen-bond acceptors (Lipinski definition) is 5. The first-order valence-electron chi connectivity index (χ1n) is 6.86. The number of aromatic carboxylic acids is 1. The Kier molecular flexibility index (Phi) is 3.65. The minimum atomic E-state index is -1.06. The lowest BCUT2D eigenvalue weighted by atomic mass is 10.0. The average Bonchev–Trinajstić information content (AvgIpc) is 2.72. The van der Waals surface area contributed by atoms with Crippen LogP contribution in [0.1, 0.15) is 34.1 Å². The topological polar surface area (TPSA) is 115 Å². The second kappa shape index (κ2) is 5.77. The fourth-order valence-corrected chi connectivity index (χ4v) is 2.46. The number of anilines is 2. The molecule has 2 aromatic rings. The third-order valence-corrected chi connectivity index (χ3v) is 3.56. The summed E-state index contributed by atoms with van der Waals surface area (Å²) in [6.45, 7) is 0. The van der Waals surface area contributed by atoms with Crippen molar-refractivity contribution in [2.75, 3.05) is 10.6 Å². The van der Waals surface area contributed by atoms with E-state index in [9.17, 15) is 9.59 Å². The second-order valence-corrected chi connectivity index (χ2v) is 5.10. The maximum atomic E-state index is 12.1. The molecule has 1 aliphatic heterocycles. The number of fused-ring (bicyclic) bond motifs is 1. The molecule has 0 saturated carbocycles. The summed E-state index contributed by atoms with van der Waals surface area (Å²) in [5.74, 6) is -1.30. The number of amides is 1. The van der Waals surface area contributed by atoms with E-state index in [1.165, 1.54) is 18.3 Å². The summed E-state index contributed by atoms with van der Waals surface area (Å²) in [7, 11) is 0. The van der Waals surface area contributed by atoms with E-state index in [0.717, 1.165) is 5.56 Å². The normalized spacial score (nSPS) is 16.3. The zero-order valence-corrected chi connectivity index (χ0v) is 11.9. The maximum Gasteiger partial charge on any atom is 0.335 e. The van der Waals surface area contributed by atoms with Crippen LogP contribution in [0.5, 0.6) is 0 Å². The highest BCUT2D eigenvalue weighted by atomic mass is 16.4. The number of carboxylic acids is 1. The van der Waals surface area contributed by atoms with Crippen LogP contribution in [0.2, 0.25) is 0 Å². The van der Waals surface area contributed by atoms with Crippen LogP contribution in [0.3, 0.4) is 0 Å². The van der Waals surface area contributed by atoms with Crippen LogP contribution in [0.25, 0.3) is 0 Å². The summed E-state index contributed by atoms with van der Waals surface area (Å²) in [6, 6.07) is 9.50. The van der Waals surface area contributed by atoms with Gasteiger partial charge in [-0.25, -0.2) is 9.78 Å². The summed E-state index contributed by atoms with van der Waals surface area (Å²) in [5, 5.41) is 23.9. The maximum absolute atomic E-state index is 12.1. The predicted octanol–water partition coefficient (Wildman–Crippen LogP) is 2.15. The van der Waals surface area contributed by atoms with Gasteiger partial charge >= 0.3 is 5.97 Å². The minimum absolute atomic E-state index is 0.0972. The molecule has 0 saturated heterocycles. The highest BCUT2D eigenvalue weighted by Crippen LogP contribution is 2.32. The molecule has 1 amide bonds. The summed E-state index contributed by atoms with van der Waals surface area (Å²) < 4.78 is 0. The van der Waals surface area contributed by atoms with Gasteiger partial charge in [0, 0.05) is 6.20 Å². The zero-order valence-electron chi connectivity index (χ0n) is 11.9. The third kappa shape index (κ3) is 2.96. The van der Waals surface area contributed by atoms with Crippen LogP contribution in [0.4, 0.5) is 11.4 Å². The van der Waals surface area contributed by atoms with Gasteiger partial charge in [-0.15, -0.1) is 0 Å². The Bertz CT molecular complexity index is 841. The number of aromatic nitrogens is 1. The van der Waals surface area contributed by atoms with Gasteiger partial charge in [0.15, 0.2) is 0 Å². The monoisotopic (exact) mass is 308 g/mol. The van der Waals surface area contributed by atoms with Crippen molar-refractivity contribution in [3.63, 3.8) is 0 Å². The zero-order chi connectivity index (χ0) is 16.4. The Balaban J connectivity index is 1.98. The summed E-state index contributed by atoms with van der Waals surface area (Å²) in [5.41, 5.74) is 2.19. The van der Waals surface area contributed by atoms with Crippen molar-refractivity contribution in [2.24, 2.45) is 0 Å². The van der Waals surface area contributed by atoms with Crippen LogP contribution in [-0.4, -0.2) is 22.0 Å². The fourth-order valence-electron chi connectivity index (χ4n) is 2.46. The average molecular weight is 308 g/mol. The number of rotatable bonds is 2. The summed E-state index contributed by atoms with van der Waals surface area (Å²) in [4.78, 5) is 27.0. The molecule has 2 heterocycles. The minimum Gasteiger partial charge on any atom is -0.478 e. The Hall–Kier alpha value is -3.40. The van der Waals surface area contributed by atoms with Gasteiger partial charge < -0.3 is 15.7 Å². The van der Waals surface area contributed by atoms with E-state index in [1.54, 1.807) is 18.2 Å². The molecule has 1 atom stereocenters. The van der Waals surface area contributed by atoms with Crippen molar-refractivity contribution in [3.05, 3.63) is 53.3 Å². The van der Waals surface area contributed by atoms with Crippen molar-refractivity contribution in [2.45, 2.75) is 12.5 Å². The molecular weight excluding hydrogens is 296 g/mol. The molecule has 7 nitrogen and oxygen atoms in total. The molecule has 3 N–H and O–H groups in total. The van der Waals surface area contributed by atoms with E-state index in [4.69, 9.17) is 10.4 Å². The van der Waals surface area contributed by atoms with Gasteiger partial charge in [-0.05, 0) is 35.9 Å². The molecule has 3 rings (SSSR count). The van der Waals surface area contributed by atoms with Crippen LogP contribution in [0.15, 0.2) is 36.5 Å². The summed E-state index contributed by atoms with van der Waals surface area (Å²) >= 11 is 0. The largest absolute Gasteiger partial charge is 0.478 e. The van der Waals surface area contributed by atoms with Crippen LogP contribution in [0, 0.1) is 11.3 Å². The quantitative estimate of drug-likeness (QED) is 0.783. The van der Waals surface area contributed by atoms with E-state index in [2.05, 4.69) is 15.6 Å². The molecule has 0 fully saturated rings. The van der Waals surface area contributed by atoms with Gasteiger partial charge in [0.2, 0.25) is 5.91 Å². The third-order valence-electron chi connectivity index (χ3n) is 3.56. The Morgan fingerprint density at radius 2 is 2.13 bits per heavy atom. The molecular formula is C16H12N4O3. The lowest BCUT2D eigenvalue weighted by Gasteiger charge is -2.17. The van der Waals surface area contributed by atoms with Crippen LogP contribution in [-0.2, 0) is 4.79 Å². The van der Waals surface area contributed by atoms with Crippen molar-refractivity contribution in [1.29, 1.82) is 5.26 Å². The SMILES string of the molecule is N#Cc1cc(C2CC(=O)Nc3cc(C(=O)O)ccc3N2)ccn1. The first-order chi connectivity index (χ1) is 11.1. The molecule has 1 aromatic carbocycles. The Morgan fingerprint density at radius 1 is 1.30 bits per heavy atom. The number of nitrogens with zero attached hydrogens (tertiary/aromatic N) is 2. The fraction of sp³-hybridized carbons (Fsp3) is 0.125. The van der Waals surface area contributed by atoms with Gasteiger partial charge in [0.05, 0.1) is 29.4 Å². The van der Waals surface area contributed by atoms with E-state index >= 15 is 0 Å². The molecule has 23 heavy (non-hydrogen) atoms. The number of pyridine rings is 1. The second-order valence-electron chi connectivity index (χ2n) is 5.10. The molecule has 0 spiro atoms. The molecule has 1 aromatic heterocycles. The first-order valence-corrected chi connectivity index (χ1v) is 6.86. The molecule has 7 heteroatoms. The highest BCUT2D eigenvalue weighted by molar-refractivity contribution is 5.99. The van der Waals surface area contributed by atoms with E-state index in [1.807, 2.05) is 6.07 Å². The molecule has 0 bridgehead atoms. The van der Waals surface area contributed by atoms with Crippen LogP contribution >= 0.6 is 0 Å². The van der Waals surface area contributed by atoms with Crippen molar-refractivity contribution >= 4 is 23.3 Å². The molecule has 114 valence electrons. The number of carbonyl (C=O) groups excluding carboxylic acids is 1. The Morgan fingerprint density at radius 3 is 2.87 bits per heavy atom. The smallest absolute Gasteiger partial charge is 0.335 e. The molecule has 0 radical (unpaired) electrons. The van der Waals surface area contributed by atoms with Gasteiger partial charge in [0.1, 0.15) is 11.8 Å². The molecule has 1 unspecified atom stereocenters. The number of nitrogens with one attached hydrogen (secondary N) is 2. The van der Waals surface area contributed by atoms with Crippen molar-refractivity contribution < 1.29 is 14.7 Å². The van der Waals surface area contributed by atoms with Gasteiger partial charge in [-0.1, -0.05) is 0 Å². The summed E-state index contributed by atoms with van der Waals surface area (Å²) in [6.07, 6.45) is 1.68. The van der Waals surface area contributed by atoms with Gasteiger partial charge in [-0.3, -0.25) is 4.79 Å². The first kappa shape index (κ1) is 14.5. The molecule has 0 aliphatic carbocycles. The number of carbonyl (C=O) groups is 2.